The smallest absolute Gasteiger partial charge is 0.266 e. The number of nitrogen functional groups attached to an aromatic ring is 1. The topological polar surface area (TPSA) is 46.3 Å². The van der Waals surface area contributed by atoms with E-state index in [0.29, 0.717) is 22.5 Å². The van der Waals surface area contributed by atoms with Gasteiger partial charge in [-0.1, -0.05) is 18.2 Å². The van der Waals surface area contributed by atoms with Crippen LogP contribution in [-0.4, -0.2) is 23.9 Å². The van der Waals surface area contributed by atoms with Gasteiger partial charge in [0.15, 0.2) is 0 Å². The Hall–Kier alpha value is -1.55. The van der Waals surface area contributed by atoms with Crippen LogP contribution in [0, 0.1) is 12.8 Å². The minimum absolute atomic E-state index is 0.0579. The van der Waals surface area contributed by atoms with E-state index in [9.17, 15) is 4.79 Å². The molecule has 4 heteroatoms. The summed E-state index contributed by atoms with van der Waals surface area (Å²) in [4.78, 5) is 15.2. The number of carbonyl (C=O) groups excluding carboxylic acids is 1. The van der Waals surface area contributed by atoms with E-state index in [1.165, 1.54) is 29.7 Å². The van der Waals surface area contributed by atoms with E-state index < -0.39 is 0 Å². The van der Waals surface area contributed by atoms with Crippen LogP contribution >= 0.6 is 11.3 Å². The highest BCUT2D eigenvalue weighted by Crippen LogP contribution is 2.38. The molecule has 2 N–H and O–H groups in total. The highest BCUT2D eigenvalue weighted by atomic mass is 32.1. The molecule has 1 aliphatic rings. The summed E-state index contributed by atoms with van der Waals surface area (Å²) in [7, 11) is 1.89. The molecule has 1 amide bonds. The number of amides is 1. The summed E-state index contributed by atoms with van der Waals surface area (Å²) in [5.74, 6) is 0.726. The molecule has 106 valence electrons. The van der Waals surface area contributed by atoms with Gasteiger partial charge in [-0.3, -0.25) is 4.79 Å². The van der Waals surface area contributed by atoms with Crippen LogP contribution < -0.4 is 5.73 Å². The number of benzene rings is 1. The summed E-state index contributed by atoms with van der Waals surface area (Å²) in [6.07, 6.45) is 2.47. The average Bonchev–Trinajstić information content (AvgIpc) is 3.22. The molecule has 1 aromatic heterocycles. The average molecular weight is 288 g/mol. The Morgan fingerprint density at radius 3 is 2.75 bits per heavy atom. The molecule has 0 saturated heterocycles. The molecule has 1 unspecified atom stereocenters. The molecule has 0 aliphatic heterocycles. The van der Waals surface area contributed by atoms with Crippen molar-refractivity contribution in [2.45, 2.75) is 32.7 Å². The first-order chi connectivity index (χ1) is 9.50. The summed E-state index contributed by atoms with van der Waals surface area (Å²) in [5.41, 5.74) is 8.01. The highest BCUT2D eigenvalue weighted by molar-refractivity contribution is 7.21. The molecule has 1 atom stereocenters. The lowest BCUT2D eigenvalue weighted by atomic mass is 10.1. The van der Waals surface area contributed by atoms with Crippen molar-refractivity contribution in [3.8, 4) is 0 Å². The van der Waals surface area contributed by atoms with Crippen molar-refractivity contribution in [3.05, 3.63) is 28.6 Å². The van der Waals surface area contributed by atoms with Crippen molar-refractivity contribution in [1.82, 2.24) is 4.90 Å². The van der Waals surface area contributed by atoms with Gasteiger partial charge in [0.05, 0.1) is 5.69 Å². The van der Waals surface area contributed by atoms with Gasteiger partial charge < -0.3 is 10.6 Å². The Morgan fingerprint density at radius 2 is 2.15 bits per heavy atom. The van der Waals surface area contributed by atoms with Crippen molar-refractivity contribution in [2.75, 3.05) is 12.8 Å². The van der Waals surface area contributed by atoms with Crippen LogP contribution in [0.3, 0.4) is 0 Å². The zero-order valence-corrected chi connectivity index (χ0v) is 13.0. The fraction of sp³-hybridized carbons (Fsp3) is 0.438. The second-order valence-corrected chi connectivity index (χ2v) is 6.81. The Bertz CT molecular complexity index is 672. The van der Waals surface area contributed by atoms with Gasteiger partial charge in [-0.15, -0.1) is 11.3 Å². The number of anilines is 1. The zero-order valence-electron chi connectivity index (χ0n) is 12.1. The molecule has 3 nitrogen and oxygen atoms in total. The van der Waals surface area contributed by atoms with Gasteiger partial charge in [-0.2, -0.15) is 0 Å². The van der Waals surface area contributed by atoms with Crippen LogP contribution in [0.1, 0.15) is 35.0 Å². The van der Waals surface area contributed by atoms with Crippen molar-refractivity contribution in [1.29, 1.82) is 0 Å². The van der Waals surface area contributed by atoms with E-state index in [2.05, 4.69) is 19.9 Å². The third-order valence-electron chi connectivity index (χ3n) is 4.38. The van der Waals surface area contributed by atoms with E-state index >= 15 is 0 Å². The number of aryl methyl sites for hydroxylation is 1. The molecule has 1 fully saturated rings. The maximum Gasteiger partial charge on any atom is 0.266 e. The van der Waals surface area contributed by atoms with Crippen LogP contribution in [-0.2, 0) is 0 Å². The Morgan fingerprint density at radius 1 is 1.45 bits per heavy atom. The van der Waals surface area contributed by atoms with E-state index in [-0.39, 0.29) is 5.91 Å². The third kappa shape index (κ3) is 2.08. The fourth-order valence-electron chi connectivity index (χ4n) is 2.68. The van der Waals surface area contributed by atoms with E-state index in [1.54, 1.807) is 0 Å². The molecule has 1 heterocycles. The molecule has 0 spiro atoms. The van der Waals surface area contributed by atoms with Crippen LogP contribution in [0.15, 0.2) is 18.2 Å². The summed E-state index contributed by atoms with van der Waals surface area (Å²) in [6.45, 7) is 4.19. The molecule has 1 aliphatic carbocycles. The quantitative estimate of drug-likeness (QED) is 0.936. The highest BCUT2D eigenvalue weighted by Gasteiger charge is 2.33. The number of hydrogen-bond acceptors (Lipinski definition) is 3. The zero-order chi connectivity index (χ0) is 14.4. The number of rotatable bonds is 3. The molecule has 0 radical (unpaired) electrons. The molecule has 1 aromatic carbocycles. The normalized spacial score (nSPS) is 16.4. The van der Waals surface area contributed by atoms with Gasteiger partial charge in [0.2, 0.25) is 0 Å². The summed E-state index contributed by atoms with van der Waals surface area (Å²) in [5, 5.41) is 1.01. The Balaban J connectivity index is 1.99. The lowest BCUT2D eigenvalue weighted by Gasteiger charge is -2.24. The van der Waals surface area contributed by atoms with Gasteiger partial charge in [-0.25, -0.2) is 0 Å². The molecule has 0 bridgehead atoms. The molecular weight excluding hydrogens is 268 g/mol. The molecular formula is C16H20N2OS. The lowest BCUT2D eigenvalue weighted by molar-refractivity contribution is 0.0733. The molecule has 20 heavy (non-hydrogen) atoms. The number of carbonyl (C=O) groups is 1. The first-order valence-corrected chi connectivity index (χ1v) is 7.87. The number of nitrogens with zero attached hydrogens (tertiary/aromatic N) is 1. The summed E-state index contributed by atoms with van der Waals surface area (Å²) < 4.78 is 1.13. The number of hydrogen-bond donors (Lipinski definition) is 1. The summed E-state index contributed by atoms with van der Waals surface area (Å²) >= 11 is 1.52. The lowest BCUT2D eigenvalue weighted by Crippen LogP contribution is -2.36. The standard InChI is InChI=1S/C16H20N2OS/c1-9-5-4-6-12-13(17)15(20-14(9)12)16(19)18(3)10(2)11-7-8-11/h4-6,10-11H,7-8,17H2,1-3H3. The van der Waals surface area contributed by atoms with Gasteiger partial charge in [0.25, 0.3) is 5.91 Å². The molecule has 2 aromatic rings. The van der Waals surface area contributed by atoms with Gasteiger partial charge in [-0.05, 0) is 38.2 Å². The van der Waals surface area contributed by atoms with E-state index in [0.717, 1.165) is 10.1 Å². The maximum absolute atomic E-state index is 12.7. The van der Waals surface area contributed by atoms with Gasteiger partial charge in [0.1, 0.15) is 4.88 Å². The molecule has 3 rings (SSSR count). The Kier molecular flexibility index (Phi) is 3.21. The van der Waals surface area contributed by atoms with Crippen LogP contribution in [0.5, 0.6) is 0 Å². The number of thiophene rings is 1. The number of fused-ring (bicyclic) bond motifs is 1. The SMILES string of the molecule is Cc1cccc2c(N)c(C(=O)N(C)C(C)C3CC3)sc12. The van der Waals surface area contributed by atoms with Crippen molar-refractivity contribution in [2.24, 2.45) is 5.92 Å². The van der Waals surface area contributed by atoms with Gasteiger partial charge >= 0.3 is 0 Å². The second kappa shape index (κ2) is 4.77. The van der Waals surface area contributed by atoms with Crippen LogP contribution in [0.25, 0.3) is 10.1 Å². The largest absolute Gasteiger partial charge is 0.397 e. The van der Waals surface area contributed by atoms with Crippen LogP contribution in [0.4, 0.5) is 5.69 Å². The van der Waals surface area contributed by atoms with Crippen molar-refractivity contribution >= 4 is 33.0 Å². The predicted octanol–water partition coefficient (Wildman–Crippen LogP) is 3.66. The third-order valence-corrected chi connectivity index (χ3v) is 5.73. The van der Waals surface area contributed by atoms with Crippen molar-refractivity contribution in [3.63, 3.8) is 0 Å². The molecule has 1 saturated carbocycles. The maximum atomic E-state index is 12.7. The van der Waals surface area contributed by atoms with E-state index in [4.69, 9.17) is 5.73 Å². The monoisotopic (exact) mass is 288 g/mol. The predicted molar refractivity (Wildman–Crippen MR) is 85.3 cm³/mol. The van der Waals surface area contributed by atoms with Crippen LogP contribution in [0.2, 0.25) is 0 Å². The summed E-state index contributed by atoms with van der Waals surface area (Å²) in [6, 6.07) is 6.34. The number of nitrogens with two attached hydrogens (primary N) is 1. The van der Waals surface area contributed by atoms with E-state index in [1.807, 2.05) is 24.1 Å². The minimum atomic E-state index is 0.0579. The first-order valence-electron chi connectivity index (χ1n) is 7.05. The minimum Gasteiger partial charge on any atom is -0.397 e. The first kappa shape index (κ1) is 13.4. The second-order valence-electron chi connectivity index (χ2n) is 5.79. The van der Waals surface area contributed by atoms with Crippen molar-refractivity contribution < 1.29 is 4.79 Å². The van der Waals surface area contributed by atoms with Gasteiger partial charge in [0, 0.05) is 23.2 Å². The Labute approximate surface area is 123 Å². The fourth-order valence-corrected chi connectivity index (χ4v) is 3.85.